The molecule has 0 saturated carbocycles. The Morgan fingerprint density at radius 2 is 1.89 bits per heavy atom. The van der Waals surface area contributed by atoms with E-state index in [1.54, 1.807) is 11.8 Å². The highest BCUT2D eigenvalue weighted by Gasteiger charge is 2.39. The molecule has 1 atom stereocenters. The fourth-order valence-corrected chi connectivity index (χ4v) is 4.84. The molecule has 1 saturated heterocycles. The minimum absolute atomic E-state index is 0.127. The van der Waals surface area contributed by atoms with Crippen molar-refractivity contribution in [3.8, 4) is 0 Å². The summed E-state index contributed by atoms with van der Waals surface area (Å²) in [7, 11) is -3.03. The monoisotopic (exact) mass is 294 g/mol. The molecule has 18 heavy (non-hydrogen) atoms. The maximum Gasteiger partial charge on any atom is 0.164 e. The molecule has 108 valence electrons. The van der Waals surface area contributed by atoms with Crippen molar-refractivity contribution in [2.75, 3.05) is 30.9 Å². The summed E-state index contributed by atoms with van der Waals surface area (Å²) in [5.74, 6) is 1.66. The van der Waals surface area contributed by atoms with Crippen molar-refractivity contribution in [1.82, 2.24) is 4.90 Å². The first-order valence-corrected chi connectivity index (χ1v) is 9.36. The Kier molecular flexibility index (Phi) is 4.80. The highest BCUT2D eigenvalue weighted by molar-refractivity contribution is 8.00. The van der Waals surface area contributed by atoms with E-state index in [-0.39, 0.29) is 16.3 Å². The Hall–Kier alpha value is 0.220. The summed E-state index contributed by atoms with van der Waals surface area (Å²) in [5, 5.41) is -0.363. The smallest absolute Gasteiger partial charge is 0.164 e. The van der Waals surface area contributed by atoms with Gasteiger partial charge in [-0.1, -0.05) is 13.8 Å². The Bertz CT molecular complexity index is 385. The molecule has 1 heterocycles. The van der Waals surface area contributed by atoms with Crippen LogP contribution in [0.3, 0.4) is 0 Å². The molecule has 0 aromatic heterocycles. The fraction of sp³-hybridized carbons (Fsp3) is 1.00. The number of hydrogen-bond acceptors (Lipinski definition) is 5. The zero-order valence-electron chi connectivity index (χ0n) is 12.1. The Morgan fingerprint density at radius 3 is 2.33 bits per heavy atom. The molecule has 0 amide bonds. The van der Waals surface area contributed by atoms with E-state index in [2.05, 4.69) is 18.7 Å². The second-order valence-corrected chi connectivity index (χ2v) is 9.79. The molecule has 0 aromatic carbocycles. The third kappa shape index (κ3) is 3.85. The summed E-state index contributed by atoms with van der Waals surface area (Å²) >= 11 is 1.72. The van der Waals surface area contributed by atoms with Gasteiger partial charge in [-0.05, 0) is 19.3 Å². The van der Waals surface area contributed by atoms with Crippen LogP contribution in [0.25, 0.3) is 0 Å². The van der Waals surface area contributed by atoms with E-state index in [0.29, 0.717) is 5.75 Å². The predicted octanol–water partition coefficient (Wildman–Crippen LogP) is 1.17. The van der Waals surface area contributed by atoms with E-state index in [9.17, 15) is 8.42 Å². The van der Waals surface area contributed by atoms with Gasteiger partial charge in [-0.15, -0.1) is 0 Å². The number of sulfone groups is 1. The van der Waals surface area contributed by atoms with Gasteiger partial charge in [0.2, 0.25) is 0 Å². The second kappa shape index (κ2) is 5.31. The van der Waals surface area contributed by atoms with Crippen LogP contribution in [0.1, 0.15) is 27.7 Å². The van der Waals surface area contributed by atoms with Gasteiger partial charge in [-0.2, -0.15) is 11.8 Å². The number of thioether (sulfide) groups is 1. The Balaban J connectivity index is 2.87. The molecular formula is C12H26N2O2S2. The normalized spacial score (nSPS) is 24.2. The van der Waals surface area contributed by atoms with Gasteiger partial charge < -0.3 is 5.73 Å². The number of hydrogen-bond donors (Lipinski definition) is 1. The van der Waals surface area contributed by atoms with E-state index in [1.165, 1.54) is 6.26 Å². The SMILES string of the molecule is CC(C)(N)C(C)(C)CN1CCSCC1S(C)(=O)=O. The van der Waals surface area contributed by atoms with Gasteiger partial charge in [0.25, 0.3) is 0 Å². The second-order valence-electron chi connectivity index (χ2n) is 6.44. The minimum atomic E-state index is -3.03. The van der Waals surface area contributed by atoms with Gasteiger partial charge in [0.15, 0.2) is 9.84 Å². The third-order valence-electron chi connectivity index (χ3n) is 4.03. The highest BCUT2D eigenvalue weighted by Crippen LogP contribution is 2.32. The number of rotatable bonds is 4. The first kappa shape index (κ1) is 16.3. The summed E-state index contributed by atoms with van der Waals surface area (Å²) in [4.78, 5) is 2.08. The topological polar surface area (TPSA) is 63.4 Å². The molecule has 6 heteroatoms. The van der Waals surface area contributed by atoms with Crippen molar-refractivity contribution in [3.05, 3.63) is 0 Å². The van der Waals surface area contributed by atoms with Crippen LogP contribution in [-0.4, -0.2) is 55.1 Å². The quantitative estimate of drug-likeness (QED) is 0.843. The van der Waals surface area contributed by atoms with Crippen LogP contribution in [-0.2, 0) is 9.84 Å². The highest BCUT2D eigenvalue weighted by atomic mass is 32.2. The van der Waals surface area contributed by atoms with Gasteiger partial charge in [-0.3, -0.25) is 4.90 Å². The molecule has 1 aliphatic heterocycles. The Morgan fingerprint density at radius 1 is 1.33 bits per heavy atom. The van der Waals surface area contributed by atoms with Gasteiger partial charge in [-0.25, -0.2) is 8.42 Å². The number of nitrogens with two attached hydrogens (primary N) is 1. The average molecular weight is 294 g/mol. The molecular weight excluding hydrogens is 268 g/mol. The first-order chi connectivity index (χ1) is 7.95. The van der Waals surface area contributed by atoms with Crippen LogP contribution in [0.15, 0.2) is 0 Å². The van der Waals surface area contributed by atoms with Crippen LogP contribution in [0.2, 0.25) is 0 Å². The summed E-state index contributed by atoms with van der Waals surface area (Å²) < 4.78 is 23.7. The molecule has 1 rings (SSSR count). The molecule has 1 aliphatic rings. The van der Waals surface area contributed by atoms with Crippen molar-refractivity contribution in [3.63, 3.8) is 0 Å². The standard InChI is InChI=1S/C12H26N2O2S2/c1-11(2,12(3,4)13)9-14-6-7-17-8-10(14)18(5,15)16/h10H,6-9,13H2,1-5H3. The summed E-state index contributed by atoms with van der Waals surface area (Å²) in [6.45, 7) is 9.75. The van der Waals surface area contributed by atoms with Gasteiger partial charge in [0.1, 0.15) is 5.37 Å². The molecule has 2 N–H and O–H groups in total. The molecule has 1 unspecified atom stereocenters. The molecule has 0 radical (unpaired) electrons. The first-order valence-electron chi connectivity index (χ1n) is 6.25. The molecule has 0 spiro atoms. The molecule has 1 fully saturated rings. The lowest BCUT2D eigenvalue weighted by Crippen LogP contribution is -2.57. The molecule has 4 nitrogen and oxygen atoms in total. The van der Waals surface area contributed by atoms with Gasteiger partial charge >= 0.3 is 0 Å². The fourth-order valence-electron chi connectivity index (χ4n) is 1.90. The van der Waals surface area contributed by atoms with E-state index in [1.807, 2.05) is 13.8 Å². The van der Waals surface area contributed by atoms with E-state index >= 15 is 0 Å². The van der Waals surface area contributed by atoms with Crippen molar-refractivity contribution in [2.45, 2.75) is 38.6 Å². The lowest BCUT2D eigenvalue weighted by molar-refractivity contribution is 0.111. The Labute approximate surface area is 116 Å². The summed E-state index contributed by atoms with van der Waals surface area (Å²) in [6, 6.07) is 0. The van der Waals surface area contributed by atoms with Crippen molar-refractivity contribution in [1.29, 1.82) is 0 Å². The number of nitrogens with zero attached hydrogens (tertiary/aromatic N) is 1. The van der Waals surface area contributed by atoms with Crippen molar-refractivity contribution < 1.29 is 8.42 Å². The third-order valence-corrected chi connectivity index (χ3v) is 6.71. The molecule has 0 aliphatic carbocycles. The van der Waals surface area contributed by atoms with Gasteiger partial charge in [0.05, 0.1) is 0 Å². The van der Waals surface area contributed by atoms with Crippen LogP contribution < -0.4 is 5.73 Å². The largest absolute Gasteiger partial charge is 0.325 e. The van der Waals surface area contributed by atoms with Crippen LogP contribution in [0.5, 0.6) is 0 Å². The maximum absolute atomic E-state index is 11.8. The van der Waals surface area contributed by atoms with Crippen LogP contribution in [0, 0.1) is 5.41 Å². The zero-order valence-corrected chi connectivity index (χ0v) is 13.7. The molecule has 0 aromatic rings. The van der Waals surface area contributed by atoms with Crippen molar-refractivity contribution >= 4 is 21.6 Å². The van der Waals surface area contributed by atoms with Gasteiger partial charge in [0, 0.05) is 36.4 Å². The lowest BCUT2D eigenvalue weighted by Gasteiger charge is -2.45. The average Bonchev–Trinajstić information content (AvgIpc) is 2.14. The minimum Gasteiger partial charge on any atom is -0.325 e. The summed E-state index contributed by atoms with van der Waals surface area (Å²) in [6.07, 6.45) is 1.33. The van der Waals surface area contributed by atoms with Crippen LogP contribution in [0.4, 0.5) is 0 Å². The van der Waals surface area contributed by atoms with E-state index in [0.717, 1.165) is 18.8 Å². The maximum atomic E-state index is 11.8. The molecule has 0 bridgehead atoms. The lowest BCUT2D eigenvalue weighted by atomic mass is 9.75. The van der Waals surface area contributed by atoms with E-state index < -0.39 is 9.84 Å². The van der Waals surface area contributed by atoms with Crippen molar-refractivity contribution in [2.24, 2.45) is 11.1 Å². The summed E-state index contributed by atoms with van der Waals surface area (Å²) in [5.41, 5.74) is 5.74. The van der Waals surface area contributed by atoms with E-state index in [4.69, 9.17) is 5.73 Å². The zero-order chi connectivity index (χ0) is 14.2. The van der Waals surface area contributed by atoms with Crippen LogP contribution >= 0.6 is 11.8 Å². The predicted molar refractivity (Wildman–Crippen MR) is 79.6 cm³/mol.